The molecule has 0 radical (unpaired) electrons. The summed E-state index contributed by atoms with van der Waals surface area (Å²) < 4.78 is 6.93. The molecule has 0 saturated carbocycles. The SMILES string of the molecule is Cn1cc(-c2noc(CC3CNC3)n2)cn1. The van der Waals surface area contributed by atoms with Gasteiger partial charge in [-0.25, -0.2) is 0 Å². The van der Waals surface area contributed by atoms with Crippen LogP contribution in [0.15, 0.2) is 16.9 Å². The molecule has 16 heavy (non-hydrogen) atoms. The molecule has 0 aromatic carbocycles. The van der Waals surface area contributed by atoms with Crippen LogP contribution in [0.2, 0.25) is 0 Å². The summed E-state index contributed by atoms with van der Waals surface area (Å²) in [7, 11) is 1.87. The van der Waals surface area contributed by atoms with Crippen molar-refractivity contribution in [1.82, 2.24) is 25.2 Å². The fraction of sp³-hybridized carbons (Fsp3) is 0.500. The van der Waals surface area contributed by atoms with Crippen LogP contribution in [0.3, 0.4) is 0 Å². The average molecular weight is 219 g/mol. The van der Waals surface area contributed by atoms with Gasteiger partial charge in [0.05, 0.1) is 11.8 Å². The van der Waals surface area contributed by atoms with Gasteiger partial charge >= 0.3 is 0 Å². The lowest BCUT2D eigenvalue weighted by Gasteiger charge is -2.25. The first-order valence-electron chi connectivity index (χ1n) is 5.33. The molecule has 1 aliphatic heterocycles. The minimum absolute atomic E-state index is 0.621. The van der Waals surface area contributed by atoms with Crippen LogP contribution in [0, 0.1) is 5.92 Å². The van der Waals surface area contributed by atoms with E-state index in [1.54, 1.807) is 10.9 Å². The Kier molecular flexibility index (Phi) is 2.21. The molecule has 3 rings (SSSR count). The normalized spacial score (nSPS) is 16.3. The zero-order valence-corrected chi connectivity index (χ0v) is 9.05. The molecule has 2 aromatic heterocycles. The third kappa shape index (κ3) is 1.71. The molecule has 3 heterocycles. The van der Waals surface area contributed by atoms with Crippen LogP contribution >= 0.6 is 0 Å². The standard InChI is InChI=1S/C10H13N5O/c1-15-6-8(5-12-15)10-13-9(16-14-10)2-7-3-11-4-7/h5-7,11H,2-4H2,1H3. The Morgan fingerprint density at radius 1 is 1.56 bits per heavy atom. The molecule has 0 spiro atoms. The Bertz CT molecular complexity index is 485. The molecule has 1 aliphatic rings. The van der Waals surface area contributed by atoms with E-state index in [4.69, 9.17) is 4.52 Å². The van der Waals surface area contributed by atoms with Gasteiger partial charge in [-0.2, -0.15) is 10.1 Å². The van der Waals surface area contributed by atoms with Gasteiger partial charge in [0, 0.05) is 19.7 Å². The van der Waals surface area contributed by atoms with E-state index in [2.05, 4.69) is 20.6 Å². The number of nitrogens with one attached hydrogen (secondary N) is 1. The highest BCUT2D eigenvalue weighted by molar-refractivity contribution is 5.50. The fourth-order valence-electron chi connectivity index (χ4n) is 1.73. The molecule has 1 saturated heterocycles. The number of hydrogen-bond donors (Lipinski definition) is 1. The Hall–Kier alpha value is -1.69. The quantitative estimate of drug-likeness (QED) is 0.800. The first kappa shape index (κ1) is 9.53. The summed E-state index contributed by atoms with van der Waals surface area (Å²) in [4.78, 5) is 4.36. The maximum atomic E-state index is 5.21. The van der Waals surface area contributed by atoms with E-state index in [0.29, 0.717) is 17.6 Å². The molecular formula is C10H13N5O. The van der Waals surface area contributed by atoms with Crippen LogP contribution in [0.1, 0.15) is 5.89 Å². The molecule has 6 heteroatoms. The Labute approximate surface area is 92.6 Å². The highest BCUT2D eigenvalue weighted by Gasteiger charge is 2.20. The summed E-state index contributed by atoms with van der Waals surface area (Å²) in [5, 5.41) is 11.2. The molecule has 6 nitrogen and oxygen atoms in total. The summed E-state index contributed by atoms with van der Waals surface area (Å²) in [5.41, 5.74) is 0.893. The number of hydrogen-bond acceptors (Lipinski definition) is 5. The highest BCUT2D eigenvalue weighted by atomic mass is 16.5. The lowest BCUT2D eigenvalue weighted by Crippen LogP contribution is -2.43. The van der Waals surface area contributed by atoms with Crippen molar-refractivity contribution < 1.29 is 4.52 Å². The van der Waals surface area contributed by atoms with Crippen molar-refractivity contribution in [3.05, 3.63) is 18.3 Å². The maximum Gasteiger partial charge on any atom is 0.227 e. The number of aromatic nitrogens is 4. The van der Waals surface area contributed by atoms with Crippen molar-refractivity contribution in [3.8, 4) is 11.4 Å². The smallest absolute Gasteiger partial charge is 0.227 e. The zero-order chi connectivity index (χ0) is 11.0. The molecule has 0 amide bonds. The lowest BCUT2D eigenvalue weighted by atomic mass is 10.00. The minimum Gasteiger partial charge on any atom is -0.339 e. The molecule has 1 fully saturated rings. The van der Waals surface area contributed by atoms with E-state index >= 15 is 0 Å². The Morgan fingerprint density at radius 2 is 2.44 bits per heavy atom. The van der Waals surface area contributed by atoms with Gasteiger partial charge in [-0.3, -0.25) is 4.68 Å². The summed E-state index contributed by atoms with van der Waals surface area (Å²) in [5.74, 6) is 1.97. The second kappa shape index (κ2) is 3.71. The van der Waals surface area contributed by atoms with E-state index < -0.39 is 0 Å². The van der Waals surface area contributed by atoms with Crippen LogP contribution < -0.4 is 5.32 Å². The van der Waals surface area contributed by atoms with Gasteiger partial charge in [-0.15, -0.1) is 0 Å². The largest absolute Gasteiger partial charge is 0.339 e. The van der Waals surface area contributed by atoms with Crippen LogP contribution in [0.25, 0.3) is 11.4 Å². The molecule has 84 valence electrons. The molecule has 1 N–H and O–H groups in total. The topological polar surface area (TPSA) is 68.8 Å². The van der Waals surface area contributed by atoms with Gasteiger partial charge in [0.1, 0.15) is 0 Å². The van der Waals surface area contributed by atoms with Crippen molar-refractivity contribution in [2.24, 2.45) is 13.0 Å². The second-order valence-corrected chi connectivity index (χ2v) is 4.14. The van der Waals surface area contributed by atoms with Crippen molar-refractivity contribution in [2.45, 2.75) is 6.42 Å². The van der Waals surface area contributed by atoms with E-state index in [-0.39, 0.29) is 0 Å². The molecule has 0 atom stereocenters. The van der Waals surface area contributed by atoms with Crippen LogP contribution in [-0.4, -0.2) is 33.0 Å². The minimum atomic E-state index is 0.621. The number of rotatable bonds is 3. The Balaban J connectivity index is 1.76. The number of nitrogens with zero attached hydrogens (tertiary/aromatic N) is 4. The molecule has 0 bridgehead atoms. The predicted molar refractivity (Wildman–Crippen MR) is 56.6 cm³/mol. The van der Waals surface area contributed by atoms with Crippen LogP contribution in [0.5, 0.6) is 0 Å². The highest BCUT2D eigenvalue weighted by Crippen LogP contribution is 2.16. The predicted octanol–water partition coefficient (Wildman–Crippen LogP) is 0.232. The lowest BCUT2D eigenvalue weighted by molar-refractivity contribution is 0.296. The summed E-state index contributed by atoms with van der Waals surface area (Å²) in [6.07, 6.45) is 4.47. The first-order valence-corrected chi connectivity index (χ1v) is 5.33. The molecular weight excluding hydrogens is 206 g/mol. The molecule has 2 aromatic rings. The van der Waals surface area contributed by atoms with Crippen molar-refractivity contribution in [3.63, 3.8) is 0 Å². The zero-order valence-electron chi connectivity index (χ0n) is 9.05. The first-order chi connectivity index (χ1) is 7.81. The fourth-order valence-corrected chi connectivity index (χ4v) is 1.73. The maximum absolute atomic E-state index is 5.21. The Morgan fingerprint density at radius 3 is 3.06 bits per heavy atom. The number of aryl methyl sites for hydroxylation is 1. The van der Waals surface area contributed by atoms with Crippen LogP contribution in [-0.2, 0) is 13.5 Å². The van der Waals surface area contributed by atoms with Gasteiger partial charge in [-0.1, -0.05) is 5.16 Å². The van der Waals surface area contributed by atoms with E-state index in [0.717, 1.165) is 25.1 Å². The monoisotopic (exact) mass is 219 g/mol. The van der Waals surface area contributed by atoms with Crippen molar-refractivity contribution >= 4 is 0 Å². The third-order valence-electron chi connectivity index (χ3n) is 2.76. The van der Waals surface area contributed by atoms with Gasteiger partial charge in [0.2, 0.25) is 11.7 Å². The third-order valence-corrected chi connectivity index (χ3v) is 2.76. The van der Waals surface area contributed by atoms with Crippen LogP contribution in [0.4, 0.5) is 0 Å². The molecule has 0 unspecified atom stereocenters. The molecule has 0 aliphatic carbocycles. The van der Waals surface area contributed by atoms with Gasteiger partial charge in [-0.05, 0) is 19.0 Å². The van der Waals surface area contributed by atoms with Crippen molar-refractivity contribution in [1.29, 1.82) is 0 Å². The average Bonchev–Trinajstić information content (AvgIpc) is 2.80. The van der Waals surface area contributed by atoms with Gasteiger partial charge in [0.15, 0.2) is 0 Å². The van der Waals surface area contributed by atoms with E-state index in [9.17, 15) is 0 Å². The van der Waals surface area contributed by atoms with E-state index in [1.165, 1.54) is 0 Å². The van der Waals surface area contributed by atoms with Crippen molar-refractivity contribution in [2.75, 3.05) is 13.1 Å². The van der Waals surface area contributed by atoms with Gasteiger partial charge < -0.3 is 9.84 Å². The summed E-state index contributed by atoms with van der Waals surface area (Å²) in [6, 6.07) is 0. The van der Waals surface area contributed by atoms with E-state index in [1.807, 2.05) is 13.2 Å². The summed E-state index contributed by atoms with van der Waals surface area (Å²) in [6.45, 7) is 2.09. The summed E-state index contributed by atoms with van der Waals surface area (Å²) >= 11 is 0. The second-order valence-electron chi connectivity index (χ2n) is 4.14. The van der Waals surface area contributed by atoms with Gasteiger partial charge in [0.25, 0.3) is 0 Å².